The minimum absolute atomic E-state index is 1.24. The average molecular weight is 639 g/mol. The number of benzene rings is 9. The van der Waals surface area contributed by atoms with Gasteiger partial charge in [0.2, 0.25) is 0 Å². The molecule has 0 aliphatic heterocycles. The number of hydrogen-bond donors (Lipinski definition) is 0. The van der Waals surface area contributed by atoms with Crippen molar-refractivity contribution in [1.82, 2.24) is 0 Å². The summed E-state index contributed by atoms with van der Waals surface area (Å²) in [4.78, 5) is 2.56. The smallest absolute Gasteiger partial charge is 0.0355 e. The van der Waals surface area contributed by atoms with Crippen molar-refractivity contribution < 1.29 is 0 Å². The van der Waals surface area contributed by atoms with Crippen molar-refractivity contribution in [3.63, 3.8) is 0 Å². The summed E-state index contributed by atoms with van der Waals surface area (Å²) in [6.07, 6.45) is 0. The van der Waals surface area contributed by atoms with E-state index in [9.17, 15) is 0 Å². The van der Waals surface area contributed by atoms with Crippen LogP contribution in [0.4, 0.5) is 0 Å². The summed E-state index contributed by atoms with van der Waals surface area (Å²) in [5.41, 5.74) is 7.66. The Morgan fingerprint density at radius 1 is 0.265 bits per heavy atom. The molecule has 0 saturated heterocycles. The van der Waals surface area contributed by atoms with Gasteiger partial charge in [0.1, 0.15) is 0 Å². The van der Waals surface area contributed by atoms with E-state index in [1.165, 1.54) is 97.0 Å². The lowest BCUT2D eigenvalue weighted by Crippen LogP contribution is -1.88. The topological polar surface area (TPSA) is 0 Å². The SMILES string of the molecule is c1ccc2c(-c3ccc(-c4ccc(-c5ccc(-c6c7ccccc7cc7ccccc67)c6ccccc56)s4)cc3)c3ccccc3cc2c1. The maximum absolute atomic E-state index is 2.34. The molecule has 0 N–H and O–H groups in total. The van der Waals surface area contributed by atoms with Crippen LogP contribution in [-0.2, 0) is 0 Å². The number of rotatable bonds is 4. The number of fused-ring (bicyclic) bond motifs is 5. The van der Waals surface area contributed by atoms with Crippen molar-refractivity contribution in [2.45, 2.75) is 0 Å². The Kier molecular flexibility index (Phi) is 6.47. The Balaban J connectivity index is 1.07. The van der Waals surface area contributed by atoms with Gasteiger partial charge in [-0.05, 0) is 112 Å². The second-order valence-electron chi connectivity index (χ2n) is 12.8. The van der Waals surface area contributed by atoms with Crippen LogP contribution >= 0.6 is 11.3 Å². The van der Waals surface area contributed by atoms with Crippen molar-refractivity contribution >= 4 is 65.2 Å². The maximum atomic E-state index is 2.34. The molecule has 0 aliphatic rings. The molecule has 9 aromatic carbocycles. The molecule has 0 spiro atoms. The van der Waals surface area contributed by atoms with Gasteiger partial charge >= 0.3 is 0 Å². The molecule has 0 bridgehead atoms. The van der Waals surface area contributed by atoms with E-state index in [1.54, 1.807) is 0 Å². The minimum Gasteiger partial charge on any atom is -0.135 e. The molecule has 1 heteroatoms. The molecule has 0 fully saturated rings. The van der Waals surface area contributed by atoms with Gasteiger partial charge < -0.3 is 0 Å². The monoisotopic (exact) mass is 638 g/mol. The van der Waals surface area contributed by atoms with Crippen LogP contribution in [-0.4, -0.2) is 0 Å². The summed E-state index contributed by atoms with van der Waals surface area (Å²) < 4.78 is 0. The Morgan fingerprint density at radius 3 is 1.18 bits per heavy atom. The lowest BCUT2D eigenvalue weighted by Gasteiger charge is -2.16. The molecule has 1 aromatic heterocycles. The highest BCUT2D eigenvalue weighted by Gasteiger charge is 2.16. The molecule has 0 nitrogen and oxygen atoms in total. The first kappa shape index (κ1) is 28.0. The number of thiophene rings is 1. The molecule has 10 rings (SSSR count). The fraction of sp³-hybridized carbons (Fsp3) is 0. The molecule has 228 valence electrons. The Labute approximate surface area is 289 Å². The highest BCUT2D eigenvalue weighted by Crippen LogP contribution is 2.44. The molecule has 0 aliphatic carbocycles. The Bertz CT molecular complexity index is 2760. The second-order valence-corrected chi connectivity index (χ2v) is 13.9. The molecule has 0 unspecified atom stereocenters. The van der Waals surface area contributed by atoms with Gasteiger partial charge in [-0.3, -0.25) is 0 Å². The first-order valence-electron chi connectivity index (χ1n) is 16.8. The molecule has 0 saturated carbocycles. The van der Waals surface area contributed by atoms with Crippen LogP contribution in [0, 0.1) is 0 Å². The molecular weight excluding hydrogens is 609 g/mol. The highest BCUT2D eigenvalue weighted by atomic mass is 32.1. The van der Waals surface area contributed by atoms with Crippen LogP contribution in [0.25, 0.3) is 97.0 Å². The van der Waals surface area contributed by atoms with E-state index >= 15 is 0 Å². The molecule has 0 atom stereocenters. The van der Waals surface area contributed by atoms with E-state index in [4.69, 9.17) is 0 Å². The minimum atomic E-state index is 1.24. The van der Waals surface area contributed by atoms with Crippen molar-refractivity contribution in [3.8, 4) is 43.1 Å². The zero-order valence-corrected chi connectivity index (χ0v) is 27.5. The molecule has 49 heavy (non-hydrogen) atoms. The highest BCUT2D eigenvalue weighted by molar-refractivity contribution is 7.18. The van der Waals surface area contributed by atoms with E-state index < -0.39 is 0 Å². The van der Waals surface area contributed by atoms with E-state index in [0.29, 0.717) is 0 Å². The van der Waals surface area contributed by atoms with Crippen molar-refractivity contribution in [2.75, 3.05) is 0 Å². The summed E-state index contributed by atoms with van der Waals surface area (Å²) >= 11 is 1.87. The summed E-state index contributed by atoms with van der Waals surface area (Å²) in [5.74, 6) is 0. The predicted molar refractivity (Wildman–Crippen MR) is 214 cm³/mol. The van der Waals surface area contributed by atoms with Crippen LogP contribution in [0.3, 0.4) is 0 Å². The quantitative estimate of drug-likeness (QED) is 0.168. The van der Waals surface area contributed by atoms with Gasteiger partial charge in [0, 0.05) is 9.75 Å². The largest absolute Gasteiger partial charge is 0.135 e. The predicted octanol–water partition coefficient (Wildman–Crippen LogP) is 14.2. The van der Waals surface area contributed by atoms with Crippen LogP contribution in [0.5, 0.6) is 0 Å². The lowest BCUT2D eigenvalue weighted by atomic mass is 9.88. The molecule has 1 heterocycles. The van der Waals surface area contributed by atoms with Gasteiger partial charge in [0.15, 0.2) is 0 Å². The van der Waals surface area contributed by atoms with Crippen molar-refractivity contribution in [1.29, 1.82) is 0 Å². The molecule has 0 radical (unpaired) electrons. The lowest BCUT2D eigenvalue weighted by molar-refractivity contribution is 1.66. The normalized spacial score (nSPS) is 11.7. The second kappa shape index (κ2) is 11.3. The maximum Gasteiger partial charge on any atom is 0.0355 e. The third-order valence-electron chi connectivity index (χ3n) is 10.1. The van der Waals surface area contributed by atoms with Gasteiger partial charge in [-0.15, -0.1) is 11.3 Å². The zero-order chi connectivity index (χ0) is 32.3. The Morgan fingerprint density at radius 2 is 0.653 bits per heavy atom. The molecule has 0 amide bonds. The standard InChI is InChI=1S/C48H30S/c1-5-15-37-33(11-1)29-34-12-2-6-16-38(34)47(37)32-23-21-31(22-24-32)45-27-28-46(49-45)43-25-26-44(42-20-10-9-19-41(42)43)48-39-17-7-3-13-35(39)30-36-14-4-8-18-40(36)48/h1-30H. The first-order chi connectivity index (χ1) is 24.3. The summed E-state index contributed by atoms with van der Waals surface area (Å²) in [5, 5.41) is 12.8. The van der Waals surface area contributed by atoms with E-state index in [-0.39, 0.29) is 0 Å². The van der Waals surface area contributed by atoms with Gasteiger partial charge in [-0.25, -0.2) is 0 Å². The van der Waals surface area contributed by atoms with Crippen LogP contribution in [0.2, 0.25) is 0 Å². The van der Waals surface area contributed by atoms with Crippen molar-refractivity contribution in [3.05, 3.63) is 182 Å². The van der Waals surface area contributed by atoms with Crippen LogP contribution < -0.4 is 0 Å². The van der Waals surface area contributed by atoms with Crippen molar-refractivity contribution in [2.24, 2.45) is 0 Å². The van der Waals surface area contributed by atoms with Gasteiger partial charge in [-0.1, -0.05) is 158 Å². The van der Waals surface area contributed by atoms with Crippen LogP contribution in [0.15, 0.2) is 182 Å². The van der Waals surface area contributed by atoms with Gasteiger partial charge in [0.05, 0.1) is 0 Å². The molecule has 10 aromatic rings. The average Bonchev–Trinajstić information content (AvgIpc) is 3.66. The third-order valence-corrected chi connectivity index (χ3v) is 11.2. The number of hydrogen-bond acceptors (Lipinski definition) is 1. The first-order valence-corrected chi connectivity index (χ1v) is 17.7. The fourth-order valence-corrected chi connectivity index (χ4v) is 8.85. The van der Waals surface area contributed by atoms with E-state index in [1.807, 2.05) is 11.3 Å². The van der Waals surface area contributed by atoms with E-state index in [0.717, 1.165) is 0 Å². The summed E-state index contributed by atoms with van der Waals surface area (Å²) in [6.45, 7) is 0. The Hall–Kier alpha value is -6.02. The fourth-order valence-electron chi connectivity index (χ4n) is 7.80. The van der Waals surface area contributed by atoms with Crippen LogP contribution in [0.1, 0.15) is 0 Å². The summed E-state index contributed by atoms with van der Waals surface area (Å²) in [7, 11) is 0. The molecular formula is C48H30S. The van der Waals surface area contributed by atoms with Gasteiger partial charge in [-0.2, -0.15) is 0 Å². The zero-order valence-electron chi connectivity index (χ0n) is 26.7. The third kappa shape index (κ3) is 4.58. The van der Waals surface area contributed by atoms with Gasteiger partial charge in [0.25, 0.3) is 0 Å². The summed E-state index contributed by atoms with van der Waals surface area (Å²) in [6, 6.07) is 66.9. The van der Waals surface area contributed by atoms with E-state index in [2.05, 4.69) is 182 Å².